The Bertz CT molecular complexity index is 1000. The standard InChI is InChI=1S/C21H24N4O2/c1-4-22-18-12-8-11-16(14(18)2)20(26)23-13-17-19(24-25(3)21(17)27)15-9-6-5-7-10-15/h5-12,22,24H,4,13H2,1-3H3,(H,23,26). The Hall–Kier alpha value is -3.28. The van der Waals surface area contributed by atoms with Gasteiger partial charge in [0.2, 0.25) is 0 Å². The van der Waals surface area contributed by atoms with Crippen LogP contribution in [0.1, 0.15) is 28.4 Å². The van der Waals surface area contributed by atoms with E-state index in [0.717, 1.165) is 29.1 Å². The van der Waals surface area contributed by atoms with Gasteiger partial charge in [-0.05, 0) is 37.1 Å². The predicted molar refractivity (Wildman–Crippen MR) is 108 cm³/mol. The molecule has 0 spiro atoms. The maximum Gasteiger partial charge on any atom is 0.271 e. The number of aromatic amines is 1. The van der Waals surface area contributed by atoms with Crippen molar-refractivity contribution in [2.24, 2.45) is 7.05 Å². The molecule has 1 aromatic heterocycles. The number of carbonyl (C=O) groups is 1. The van der Waals surface area contributed by atoms with Crippen molar-refractivity contribution in [1.82, 2.24) is 15.1 Å². The van der Waals surface area contributed by atoms with E-state index in [9.17, 15) is 9.59 Å². The van der Waals surface area contributed by atoms with Gasteiger partial charge in [0.1, 0.15) is 0 Å². The number of rotatable bonds is 6. The first-order valence-corrected chi connectivity index (χ1v) is 8.98. The molecule has 0 radical (unpaired) electrons. The molecule has 3 rings (SSSR count). The summed E-state index contributed by atoms with van der Waals surface area (Å²) in [5.41, 5.74) is 4.45. The zero-order chi connectivity index (χ0) is 19.4. The fourth-order valence-corrected chi connectivity index (χ4v) is 3.13. The lowest BCUT2D eigenvalue weighted by Gasteiger charge is -2.12. The third-order valence-corrected chi connectivity index (χ3v) is 4.58. The summed E-state index contributed by atoms with van der Waals surface area (Å²) in [6.45, 7) is 4.87. The molecule has 3 N–H and O–H groups in total. The molecule has 0 bridgehead atoms. The number of H-pyrrole nitrogens is 1. The highest BCUT2D eigenvalue weighted by Crippen LogP contribution is 2.20. The van der Waals surface area contributed by atoms with Gasteiger partial charge in [-0.15, -0.1) is 0 Å². The minimum atomic E-state index is -0.200. The molecule has 2 aromatic carbocycles. The van der Waals surface area contributed by atoms with E-state index < -0.39 is 0 Å². The minimum Gasteiger partial charge on any atom is -0.385 e. The lowest BCUT2D eigenvalue weighted by molar-refractivity contribution is 0.0950. The SMILES string of the molecule is CCNc1cccc(C(=O)NCc2c(-c3ccccc3)[nH]n(C)c2=O)c1C. The zero-order valence-electron chi connectivity index (χ0n) is 15.8. The van der Waals surface area contributed by atoms with E-state index >= 15 is 0 Å². The molecule has 0 unspecified atom stereocenters. The maximum absolute atomic E-state index is 12.7. The Balaban J connectivity index is 1.85. The third kappa shape index (κ3) is 3.79. The number of anilines is 1. The second-order valence-corrected chi connectivity index (χ2v) is 6.39. The van der Waals surface area contributed by atoms with Crippen LogP contribution in [0, 0.1) is 6.92 Å². The molecule has 6 heteroatoms. The average molecular weight is 364 g/mol. The Morgan fingerprint density at radius 2 is 1.85 bits per heavy atom. The summed E-state index contributed by atoms with van der Waals surface area (Å²) in [5, 5.41) is 9.21. The first-order chi connectivity index (χ1) is 13.0. The van der Waals surface area contributed by atoms with Crippen LogP contribution in [0.5, 0.6) is 0 Å². The number of amides is 1. The quantitative estimate of drug-likeness (QED) is 0.629. The summed E-state index contributed by atoms with van der Waals surface area (Å²) in [4.78, 5) is 25.2. The molecular weight excluding hydrogens is 340 g/mol. The molecule has 0 aliphatic carbocycles. The van der Waals surface area contributed by atoms with Crippen LogP contribution in [0.25, 0.3) is 11.3 Å². The van der Waals surface area contributed by atoms with Crippen LogP contribution in [0.2, 0.25) is 0 Å². The molecule has 0 aliphatic heterocycles. The summed E-state index contributed by atoms with van der Waals surface area (Å²) >= 11 is 0. The zero-order valence-corrected chi connectivity index (χ0v) is 15.8. The summed E-state index contributed by atoms with van der Waals surface area (Å²) in [6, 6.07) is 15.2. The first-order valence-electron chi connectivity index (χ1n) is 8.98. The molecule has 0 saturated carbocycles. The van der Waals surface area contributed by atoms with Gasteiger partial charge in [-0.2, -0.15) is 0 Å². The van der Waals surface area contributed by atoms with E-state index in [-0.39, 0.29) is 18.0 Å². The second-order valence-electron chi connectivity index (χ2n) is 6.39. The molecule has 27 heavy (non-hydrogen) atoms. The fraction of sp³-hybridized carbons (Fsp3) is 0.238. The molecule has 1 amide bonds. The predicted octanol–water partition coefficient (Wildman–Crippen LogP) is 3.05. The number of hydrogen-bond acceptors (Lipinski definition) is 3. The monoisotopic (exact) mass is 364 g/mol. The van der Waals surface area contributed by atoms with E-state index in [4.69, 9.17) is 0 Å². The summed E-state index contributed by atoms with van der Waals surface area (Å²) in [7, 11) is 1.67. The first kappa shape index (κ1) is 18.5. The smallest absolute Gasteiger partial charge is 0.271 e. The van der Waals surface area contributed by atoms with Gasteiger partial charge in [0, 0.05) is 24.8 Å². The van der Waals surface area contributed by atoms with Gasteiger partial charge in [-0.1, -0.05) is 36.4 Å². The Morgan fingerprint density at radius 1 is 1.11 bits per heavy atom. The molecule has 0 saturated heterocycles. The van der Waals surface area contributed by atoms with Gasteiger partial charge in [-0.25, -0.2) is 0 Å². The number of aryl methyl sites for hydroxylation is 1. The molecule has 0 atom stereocenters. The van der Waals surface area contributed by atoms with Crippen LogP contribution in [-0.2, 0) is 13.6 Å². The molecule has 6 nitrogen and oxygen atoms in total. The molecule has 3 aromatic rings. The highest BCUT2D eigenvalue weighted by molar-refractivity contribution is 5.97. The Morgan fingerprint density at radius 3 is 2.56 bits per heavy atom. The van der Waals surface area contributed by atoms with Crippen molar-refractivity contribution in [3.63, 3.8) is 0 Å². The van der Waals surface area contributed by atoms with Crippen molar-refractivity contribution in [2.45, 2.75) is 20.4 Å². The topological polar surface area (TPSA) is 78.9 Å². The van der Waals surface area contributed by atoms with Gasteiger partial charge in [-0.3, -0.25) is 19.4 Å². The van der Waals surface area contributed by atoms with Crippen molar-refractivity contribution in [1.29, 1.82) is 0 Å². The lowest BCUT2D eigenvalue weighted by atomic mass is 10.1. The Labute approximate surface area is 158 Å². The molecular formula is C21H24N4O2. The number of carbonyl (C=O) groups excluding carboxylic acids is 1. The van der Waals surface area contributed by atoms with E-state index in [0.29, 0.717) is 11.1 Å². The van der Waals surface area contributed by atoms with Crippen LogP contribution in [-0.4, -0.2) is 22.2 Å². The van der Waals surface area contributed by atoms with Gasteiger partial charge in [0.05, 0.1) is 17.8 Å². The average Bonchev–Trinajstić information content (AvgIpc) is 2.97. The van der Waals surface area contributed by atoms with Crippen LogP contribution >= 0.6 is 0 Å². The number of hydrogen-bond donors (Lipinski definition) is 3. The number of benzene rings is 2. The van der Waals surface area contributed by atoms with E-state index in [1.807, 2.05) is 56.3 Å². The van der Waals surface area contributed by atoms with Crippen LogP contribution in [0.4, 0.5) is 5.69 Å². The molecule has 140 valence electrons. The summed E-state index contributed by atoms with van der Waals surface area (Å²) in [5.74, 6) is -0.200. The second kappa shape index (κ2) is 7.95. The van der Waals surface area contributed by atoms with Crippen LogP contribution in [0.3, 0.4) is 0 Å². The number of nitrogens with one attached hydrogen (secondary N) is 3. The molecule has 1 heterocycles. The van der Waals surface area contributed by atoms with Crippen molar-refractivity contribution >= 4 is 11.6 Å². The van der Waals surface area contributed by atoms with Crippen molar-refractivity contribution in [2.75, 3.05) is 11.9 Å². The summed E-state index contributed by atoms with van der Waals surface area (Å²) < 4.78 is 1.43. The van der Waals surface area contributed by atoms with E-state index in [1.54, 1.807) is 13.1 Å². The summed E-state index contributed by atoms with van der Waals surface area (Å²) in [6.07, 6.45) is 0. The molecule has 0 fully saturated rings. The van der Waals surface area contributed by atoms with Crippen molar-refractivity contribution in [3.8, 4) is 11.3 Å². The van der Waals surface area contributed by atoms with Crippen molar-refractivity contribution in [3.05, 3.63) is 75.6 Å². The van der Waals surface area contributed by atoms with Crippen LogP contribution < -0.4 is 16.2 Å². The van der Waals surface area contributed by atoms with Crippen LogP contribution in [0.15, 0.2) is 53.3 Å². The fourth-order valence-electron chi connectivity index (χ4n) is 3.13. The van der Waals surface area contributed by atoms with E-state index in [1.165, 1.54) is 4.68 Å². The number of nitrogens with zero attached hydrogens (tertiary/aromatic N) is 1. The van der Waals surface area contributed by atoms with Gasteiger partial charge < -0.3 is 10.6 Å². The minimum absolute atomic E-state index is 0.146. The largest absolute Gasteiger partial charge is 0.385 e. The van der Waals surface area contributed by atoms with Gasteiger partial charge >= 0.3 is 0 Å². The molecule has 0 aliphatic rings. The highest BCUT2D eigenvalue weighted by Gasteiger charge is 2.17. The number of aromatic nitrogens is 2. The van der Waals surface area contributed by atoms with Crippen molar-refractivity contribution < 1.29 is 4.79 Å². The van der Waals surface area contributed by atoms with Gasteiger partial charge in [0.15, 0.2) is 0 Å². The Kier molecular flexibility index (Phi) is 5.45. The van der Waals surface area contributed by atoms with Gasteiger partial charge in [0.25, 0.3) is 11.5 Å². The lowest BCUT2D eigenvalue weighted by Crippen LogP contribution is -2.27. The highest BCUT2D eigenvalue weighted by atomic mass is 16.2. The normalized spacial score (nSPS) is 10.6. The maximum atomic E-state index is 12.7. The van der Waals surface area contributed by atoms with E-state index in [2.05, 4.69) is 15.7 Å². The third-order valence-electron chi connectivity index (χ3n) is 4.58.